The second-order valence-electron chi connectivity index (χ2n) is 3.25. The number of hydrogen-bond donors (Lipinski definition) is 1. The normalized spacial score (nSPS) is 11.6. The van der Waals surface area contributed by atoms with Gasteiger partial charge < -0.3 is 9.21 Å². The highest BCUT2D eigenvalue weighted by molar-refractivity contribution is 8.93. The van der Waals surface area contributed by atoms with Gasteiger partial charge in [-0.25, -0.2) is 4.39 Å². The fourth-order valence-corrected chi connectivity index (χ4v) is 1.47. The molecule has 0 aliphatic carbocycles. The van der Waals surface area contributed by atoms with Crippen LogP contribution in [0.5, 0.6) is 0 Å². The summed E-state index contributed by atoms with van der Waals surface area (Å²) in [5.41, 5.74) is 0.484. The number of aromatic nitrogens is 1. The van der Waals surface area contributed by atoms with Crippen LogP contribution >= 0.6 is 17.0 Å². The molecule has 4 nitrogen and oxygen atoms in total. The third kappa shape index (κ3) is 2.71. The summed E-state index contributed by atoms with van der Waals surface area (Å²) in [6, 6.07) is 4.90. The summed E-state index contributed by atoms with van der Waals surface area (Å²) in [5, 5.41) is 7.44. The smallest absolute Gasteiger partial charge is 0.294 e. The molecule has 0 bridgehead atoms. The van der Waals surface area contributed by atoms with Crippen molar-refractivity contribution in [1.29, 1.82) is 5.41 Å². The number of benzene rings is 1. The van der Waals surface area contributed by atoms with Crippen molar-refractivity contribution < 1.29 is 13.6 Å². The Hall–Kier alpha value is -1.69. The standard InChI is InChI=1S/C11H9FN2O2.BrH/c12-9-3-1-8(2-4-9)10(7-15)14-5-6-16-11(14)13;/h1-7,10,13H;1H. The topological polar surface area (TPSA) is 59.0 Å². The van der Waals surface area contributed by atoms with E-state index in [1.165, 1.54) is 41.3 Å². The van der Waals surface area contributed by atoms with Crippen LogP contribution in [0.2, 0.25) is 0 Å². The molecule has 1 heterocycles. The molecule has 0 saturated carbocycles. The number of carbonyl (C=O) groups excluding carboxylic acids is 1. The van der Waals surface area contributed by atoms with Crippen LogP contribution in [0.15, 0.2) is 41.1 Å². The van der Waals surface area contributed by atoms with E-state index in [-0.39, 0.29) is 28.5 Å². The lowest BCUT2D eigenvalue weighted by Gasteiger charge is -2.10. The summed E-state index contributed by atoms with van der Waals surface area (Å²) in [4.78, 5) is 11.0. The third-order valence-corrected chi connectivity index (χ3v) is 2.28. The summed E-state index contributed by atoms with van der Waals surface area (Å²) in [5.74, 6) is -0.364. The molecular weight excluding hydrogens is 291 g/mol. The second kappa shape index (κ2) is 5.58. The van der Waals surface area contributed by atoms with Crippen LogP contribution in [0.25, 0.3) is 0 Å². The molecule has 1 atom stereocenters. The Morgan fingerprint density at radius 1 is 1.35 bits per heavy atom. The average Bonchev–Trinajstić information content (AvgIpc) is 2.69. The monoisotopic (exact) mass is 300 g/mol. The van der Waals surface area contributed by atoms with E-state index in [4.69, 9.17) is 9.83 Å². The van der Waals surface area contributed by atoms with Gasteiger partial charge in [0.15, 0.2) is 0 Å². The molecule has 1 N–H and O–H groups in total. The van der Waals surface area contributed by atoms with Crippen molar-refractivity contribution in [2.24, 2.45) is 0 Å². The number of carbonyl (C=O) groups is 1. The van der Waals surface area contributed by atoms with E-state index in [0.29, 0.717) is 11.8 Å². The highest BCUT2D eigenvalue weighted by Gasteiger charge is 2.13. The minimum Gasteiger partial charge on any atom is -0.432 e. The first-order valence-electron chi connectivity index (χ1n) is 4.63. The number of rotatable bonds is 3. The van der Waals surface area contributed by atoms with Crippen molar-refractivity contribution in [1.82, 2.24) is 4.57 Å². The number of oxazole rings is 1. The SMILES string of the molecule is Br.N=c1occn1C(C=O)c1ccc(F)cc1. The van der Waals surface area contributed by atoms with Crippen molar-refractivity contribution in [2.75, 3.05) is 0 Å². The molecular formula is C11H10BrFN2O2. The fraction of sp³-hybridized carbons (Fsp3) is 0.0909. The van der Waals surface area contributed by atoms with Gasteiger partial charge in [-0.15, -0.1) is 17.0 Å². The molecule has 17 heavy (non-hydrogen) atoms. The first-order valence-corrected chi connectivity index (χ1v) is 4.63. The molecule has 90 valence electrons. The zero-order valence-corrected chi connectivity index (χ0v) is 10.4. The van der Waals surface area contributed by atoms with Crippen molar-refractivity contribution in [3.63, 3.8) is 0 Å². The Morgan fingerprint density at radius 2 is 2.00 bits per heavy atom. The predicted molar refractivity (Wildman–Crippen MR) is 63.5 cm³/mol. The summed E-state index contributed by atoms with van der Waals surface area (Å²) in [6.07, 6.45) is 3.49. The first-order chi connectivity index (χ1) is 7.72. The second-order valence-corrected chi connectivity index (χ2v) is 3.25. The maximum absolute atomic E-state index is 12.7. The van der Waals surface area contributed by atoms with Crippen LogP contribution in [-0.4, -0.2) is 10.9 Å². The Bertz CT molecular complexity index is 547. The number of aldehydes is 1. The van der Waals surface area contributed by atoms with Gasteiger partial charge in [0.05, 0.1) is 0 Å². The Kier molecular flexibility index (Phi) is 4.39. The van der Waals surface area contributed by atoms with Crippen molar-refractivity contribution >= 4 is 23.3 Å². The summed E-state index contributed by atoms with van der Waals surface area (Å²) >= 11 is 0. The summed E-state index contributed by atoms with van der Waals surface area (Å²) < 4.78 is 18.9. The van der Waals surface area contributed by atoms with Crippen molar-refractivity contribution in [3.8, 4) is 0 Å². The lowest BCUT2D eigenvalue weighted by molar-refractivity contribution is -0.109. The highest BCUT2D eigenvalue weighted by Crippen LogP contribution is 2.14. The van der Waals surface area contributed by atoms with Gasteiger partial charge in [0.1, 0.15) is 24.4 Å². The fourth-order valence-electron chi connectivity index (χ4n) is 1.47. The van der Waals surface area contributed by atoms with Crippen LogP contribution in [-0.2, 0) is 4.79 Å². The molecule has 0 amide bonds. The van der Waals surface area contributed by atoms with E-state index in [1.807, 2.05) is 0 Å². The molecule has 0 saturated heterocycles. The zero-order valence-electron chi connectivity index (χ0n) is 8.67. The van der Waals surface area contributed by atoms with Gasteiger partial charge in [0.25, 0.3) is 5.68 Å². The minimum absolute atomic E-state index is 0. The largest absolute Gasteiger partial charge is 0.432 e. The van der Waals surface area contributed by atoms with Gasteiger partial charge in [0.2, 0.25) is 0 Å². The van der Waals surface area contributed by atoms with E-state index in [9.17, 15) is 9.18 Å². The first kappa shape index (κ1) is 13.4. The number of nitrogens with zero attached hydrogens (tertiary/aromatic N) is 1. The van der Waals surface area contributed by atoms with Crippen LogP contribution in [0, 0.1) is 11.2 Å². The van der Waals surface area contributed by atoms with Gasteiger partial charge >= 0.3 is 0 Å². The molecule has 1 unspecified atom stereocenters. The Balaban J connectivity index is 0.00000144. The van der Waals surface area contributed by atoms with Gasteiger partial charge in [-0.3, -0.25) is 9.98 Å². The summed E-state index contributed by atoms with van der Waals surface area (Å²) in [6.45, 7) is 0. The maximum atomic E-state index is 12.7. The molecule has 1 aromatic heterocycles. The molecule has 1 aromatic carbocycles. The molecule has 2 rings (SSSR count). The van der Waals surface area contributed by atoms with Crippen molar-refractivity contribution in [3.05, 3.63) is 53.8 Å². The minimum atomic E-state index is -0.660. The molecule has 0 aliphatic heterocycles. The average molecular weight is 301 g/mol. The van der Waals surface area contributed by atoms with Gasteiger partial charge in [-0.05, 0) is 17.7 Å². The number of halogens is 2. The van der Waals surface area contributed by atoms with Crippen molar-refractivity contribution in [2.45, 2.75) is 6.04 Å². The maximum Gasteiger partial charge on any atom is 0.294 e. The number of nitrogens with one attached hydrogen (secondary N) is 1. The van der Waals surface area contributed by atoms with Gasteiger partial charge in [-0.1, -0.05) is 12.1 Å². The predicted octanol–water partition coefficient (Wildman–Crippen LogP) is 2.07. The van der Waals surface area contributed by atoms with Crippen LogP contribution < -0.4 is 5.68 Å². The molecule has 0 fully saturated rings. The Labute approximate surface area is 107 Å². The van der Waals surface area contributed by atoms with E-state index in [1.54, 1.807) is 0 Å². The van der Waals surface area contributed by atoms with E-state index in [2.05, 4.69) is 0 Å². The van der Waals surface area contributed by atoms with E-state index >= 15 is 0 Å². The molecule has 6 heteroatoms. The van der Waals surface area contributed by atoms with E-state index in [0.717, 1.165) is 0 Å². The molecule has 0 radical (unpaired) electrons. The molecule has 0 spiro atoms. The van der Waals surface area contributed by atoms with Crippen LogP contribution in [0.1, 0.15) is 11.6 Å². The third-order valence-electron chi connectivity index (χ3n) is 2.28. The van der Waals surface area contributed by atoms with E-state index < -0.39 is 6.04 Å². The van der Waals surface area contributed by atoms with Gasteiger partial charge in [0, 0.05) is 6.20 Å². The lowest BCUT2D eigenvalue weighted by atomic mass is 10.1. The summed E-state index contributed by atoms with van der Waals surface area (Å²) in [7, 11) is 0. The quantitative estimate of drug-likeness (QED) is 0.882. The molecule has 0 aliphatic rings. The lowest BCUT2D eigenvalue weighted by Crippen LogP contribution is -2.22. The molecule has 2 aromatic rings. The van der Waals surface area contributed by atoms with Gasteiger partial charge in [-0.2, -0.15) is 0 Å². The zero-order chi connectivity index (χ0) is 11.5. The number of hydrogen-bond acceptors (Lipinski definition) is 3. The van der Waals surface area contributed by atoms with Crippen LogP contribution in [0.4, 0.5) is 4.39 Å². The van der Waals surface area contributed by atoms with Crippen LogP contribution in [0.3, 0.4) is 0 Å². The highest BCUT2D eigenvalue weighted by atomic mass is 79.9. The Morgan fingerprint density at radius 3 is 2.47 bits per heavy atom.